The minimum atomic E-state index is -0.0953. The summed E-state index contributed by atoms with van der Waals surface area (Å²) in [4.78, 5) is 6.62. The fraction of sp³-hybridized carbons (Fsp3) is 0.526. The third-order valence-corrected chi connectivity index (χ3v) is 4.85. The topological polar surface area (TPSA) is 33.1 Å². The van der Waals surface area contributed by atoms with Gasteiger partial charge in [-0.2, -0.15) is 0 Å². The first kappa shape index (κ1) is 17.1. The number of benzene rings is 1. The average molecular weight is 330 g/mol. The number of aryl methyl sites for hydroxylation is 1. The highest BCUT2D eigenvalue weighted by Crippen LogP contribution is 2.16. The SMILES string of the molecule is Cc1nccn1C[C@H](C)NC1CCN(Cc2ccccc2F)CC1. The predicted molar refractivity (Wildman–Crippen MR) is 94.3 cm³/mol. The van der Waals surface area contributed by atoms with Crippen LogP contribution in [0.25, 0.3) is 0 Å². The Morgan fingerprint density at radius 2 is 2.04 bits per heavy atom. The van der Waals surface area contributed by atoms with E-state index in [0.717, 1.165) is 43.9 Å². The molecule has 0 spiro atoms. The first-order valence-electron chi connectivity index (χ1n) is 8.81. The molecule has 3 rings (SSSR count). The Bertz CT molecular complexity index is 646. The van der Waals surface area contributed by atoms with Gasteiger partial charge >= 0.3 is 0 Å². The molecule has 1 aromatic carbocycles. The van der Waals surface area contributed by atoms with Crippen LogP contribution < -0.4 is 5.32 Å². The second kappa shape index (κ2) is 7.90. The van der Waals surface area contributed by atoms with Gasteiger partial charge in [-0.05, 0) is 45.8 Å². The van der Waals surface area contributed by atoms with Gasteiger partial charge in [0.25, 0.3) is 0 Å². The van der Waals surface area contributed by atoms with Crippen LogP contribution in [0, 0.1) is 12.7 Å². The standard InChI is InChI=1S/C19H27FN4/c1-15(13-24-12-9-21-16(24)2)22-18-7-10-23(11-8-18)14-17-5-3-4-6-19(17)20/h3-6,9,12,15,18,22H,7-8,10-11,13-14H2,1-2H3/t15-/m0/s1. The van der Waals surface area contributed by atoms with Crippen LogP contribution >= 0.6 is 0 Å². The number of likely N-dealkylation sites (tertiary alicyclic amines) is 1. The van der Waals surface area contributed by atoms with Gasteiger partial charge < -0.3 is 9.88 Å². The highest BCUT2D eigenvalue weighted by atomic mass is 19.1. The Kier molecular flexibility index (Phi) is 5.63. The normalized spacial score (nSPS) is 18.0. The Morgan fingerprint density at radius 1 is 1.29 bits per heavy atom. The van der Waals surface area contributed by atoms with Crippen molar-refractivity contribution in [3.05, 3.63) is 53.9 Å². The van der Waals surface area contributed by atoms with E-state index in [1.54, 1.807) is 12.1 Å². The van der Waals surface area contributed by atoms with E-state index in [1.165, 1.54) is 0 Å². The van der Waals surface area contributed by atoms with Crippen LogP contribution in [0.5, 0.6) is 0 Å². The highest BCUT2D eigenvalue weighted by molar-refractivity contribution is 5.17. The minimum absolute atomic E-state index is 0.0953. The van der Waals surface area contributed by atoms with Gasteiger partial charge in [-0.25, -0.2) is 9.37 Å². The molecule has 0 unspecified atom stereocenters. The number of rotatable bonds is 6. The lowest BCUT2D eigenvalue weighted by molar-refractivity contribution is 0.181. The van der Waals surface area contributed by atoms with Crippen LogP contribution in [0.4, 0.5) is 4.39 Å². The number of piperidine rings is 1. The van der Waals surface area contributed by atoms with Gasteiger partial charge in [-0.15, -0.1) is 0 Å². The molecule has 2 aromatic rings. The summed E-state index contributed by atoms with van der Waals surface area (Å²) in [6.07, 6.45) is 6.11. The van der Waals surface area contributed by atoms with Crippen LogP contribution in [0.15, 0.2) is 36.7 Å². The largest absolute Gasteiger partial charge is 0.334 e. The lowest BCUT2D eigenvalue weighted by atomic mass is 10.0. The van der Waals surface area contributed by atoms with Crippen molar-refractivity contribution in [2.75, 3.05) is 13.1 Å². The molecule has 24 heavy (non-hydrogen) atoms. The monoisotopic (exact) mass is 330 g/mol. The summed E-state index contributed by atoms with van der Waals surface area (Å²) in [5.41, 5.74) is 0.799. The molecule has 0 saturated carbocycles. The van der Waals surface area contributed by atoms with Crippen LogP contribution in [0.1, 0.15) is 31.2 Å². The minimum Gasteiger partial charge on any atom is -0.334 e. The lowest BCUT2D eigenvalue weighted by Crippen LogP contribution is -2.46. The summed E-state index contributed by atoms with van der Waals surface area (Å²) in [5, 5.41) is 3.73. The molecule has 0 amide bonds. The van der Waals surface area contributed by atoms with Crippen molar-refractivity contribution in [2.24, 2.45) is 0 Å². The third-order valence-electron chi connectivity index (χ3n) is 4.85. The Labute approximate surface area is 143 Å². The third kappa shape index (κ3) is 4.42. The van der Waals surface area contributed by atoms with Crippen molar-refractivity contribution in [1.29, 1.82) is 0 Å². The summed E-state index contributed by atoms with van der Waals surface area (Å²) < 4.78 is 15.9. The fourth-order valence-corrected chi connectivity index (χ4v) is 3.47. The summed E-state index contributed by atoms with van der Waals surface area (Å²) in [6, 6.07) is 8.05. The smallest absolute Gasteiger partial charge is 0.127 e. The van der Waals surface area contributed by atoms with Gasteiger partial charge in [0.2, 0.25) is 0 Å². The second-order valence-electron chi connectivity index (χ2n) is 6.84. The summed E-state index contributed by atoms with van der Waals surface area (Å²) >= 11 is 0. The molecule has 1 fully saturated rings. The van der Waals surface area contributed by atoms with E-state index in [2.05, 4.69) is 26.7 Å². The molecule has 1 aromatic heterocycles. The van der Waals surface area contributed by atoms with Crippen LogP contribution in [-0.4, -0.2) is 39.6 Å². The second-order valence-corrected chi connectivity index (χ2v) is 6.84. The maximum absolute atomic E-state index is 13.8. The summed E-state index contributed by atoms with van der Waals surface area (Å²) in [6.45, 7) is 7.95. The van der Waals surface area contributed by atoms with Crippen LogP contribution in [0.2, 0.25) is 0 Å². The molecule has 2 heterocycles. The van der Waals surface area contributed by atoms with E-state index in [-0.39, 0.29) is 5.82 Å². The van der Waals surface area contributed by atoms with Crippen molar-refractivity contribution in [3.63, 3.8) is 0 Å². The molecule has 130 valence electrons. The first-order chi connectivity index (χ1) is 11.6. The van der Waals surface area contributed by atoms with Crippen LogP contribution in [-0.2, 0) is 13.1 Å². The zero-order chi connectivity index (χ0) is 16.9. The van der Waals surface area contributed by atoms with E-state index in [0.29, 0.717) is 18.6 Å². The zero-order valence-corrected chi connectivity index (χ0v) is 14.6. The van der Waals surface area contributed by atoms with Gasteiger partial charge in [0, 0.05) is 43.1 Å². The number of nitrogens with one attached hydrogen (secondary N) is 1. The molecule has 4 nitrogen and oxygen atoms in total. The number of hydrogen-bond acceptors (Lipinski definition) is 3. The maximum Gasteiger partial charge on any atom is 0.127 e. The molecular weight excluding hydrogens is 303 g/mol. The molecule has 1 atom stereocenters. The van der Waals surface area contributed by atoms with Gasteiger partial charge in [-0.1, -0.05) is 18.2 Å². The molecule has 0 radical (unpaired) electrons. The average Bonchev–Trinajstić information content (AvgIpc) is 2.96. The van der Waals surface area contributed by atoms with E-state index in [9.17, 15) is 4.39 Å². The van der Waals surface area contributed by atoms with Gasteiger partial charge in [0.1, 0.15) is 11.6 Å². The predicted octanol–water partition coefficient (Wildman–Crippen LogP) is 2.97. The van der Waals surface area contributed by atoms with Crippen LogP contribution in [0.3, 0.4) is 0 Å². The van der Waals surface area contributed by atoms with Crippen molar-refractivity contribution in [2.45, 2.75) is 51.9 Å². The number of imidazole rings is 1. The van der Waals surface area contributed by atoms with Crippen molar-refractivity contribution in [3.8, 4) is 0 Å². The number of halogens is 1. The Hall–Kier alpha value is -1.72. The van der Waals surface area contributed by atoms with Crippen molar-refractivity contribution in [1.82, 2.24) is 19.8 Å². The van der Waals surface area contributed by atoms with E-state index >= 15 is 0 Å². The number of aromatic nitrogens is 2. The summed E-state index contributed by atoms with van der Waals surface area (Å²) in [7, 11) is 0. The highest BCUT2D eigenvalue weighted by Gasteiger charge is 2.21. The van der Waals surface area contributed by atoms with Crippen molar-refractivity contribution >= 4 is 0 Å². The lowest BCUT2D eigenvalue weighted by Gasteiger charge is -2.34. The Morgan fingerprint density at radius 3 is 2.71 bits per heavy atom. The molecule has 0 bridgehead atoms. The molecule has 1 aliphatic heterocycles. The zero-order valence-electron chi connectivity index (χ0n) is 14.6. The first-order valence-corrected chi connectivity index (χ1v) is 8.81. The number of nitrogens with zero attached hydrogens (tertiary/aromatic N) is 3. The van der Waals surface area contributed by atoms with E-state index < -0.39 is 0 Å². The Balaban J connectivity index is 1.43. The van der Waals surface area contributed by atoms with E-state index in [4.69, 9.17) is 0 Å². The van der Waals surface area contributed by atoms with Gasteiger partial charge in [0.15, 0.2) is 0 Å². The molecule has 5 heteroatoms. The molecule has 1 aliphatic rings. The maximum atomic E-state index is 13.8. The fourth-order valence-electron chi connectivity index (χ4n) is 3.47. The quantitative estimate of drug-likeness (QED) is 0.884. The summed E-state index contributed by atoms with van der Waals surface area (Å²) in [5.74, 6) is 0.963. The molecule has 0 aliphatic carbocycles. The molecule has 1 N–H and O–H groups in total. The van der Waals surface area contributed by atoms with Gasteiger partial charge in [-0.3, -0.25) is 4.90 Å². The molecule has 1 saturated heterocycles. The molecular formula is C19H27FN4. The van der Waals surface area contributed by atoms with Gasteiger partial charge in [0.05, 0.1) is 0 Å². The number of hydrogen-bond donors (Lipinski definition) is 1. The van der Waals surface area contributed by atoms with E-state index in [1.807, 2.05) is 31.5 Å². The van der Waals surface area contributed by atoms with Crippen molar-refractivity contribution < 1.29 is 4.39 Å².